The summed E-state index contributed by atoms with van der Waals surface area (Å²) in [5, 5.41) is 2.56. The van der Waals surface area contributed by atoms with Gasteiger partial charge in [0.05, 0.1) is 22.9 Å². The van der Waals surface area contributed by atoms with Crippen molar-refractivity contribution in [1.82, 2.24) is 19.9 Å². The van der Waals surface area contributed by atoms with E-state index in [0.29, 0.717) is 27.5 Å². The molecule has 4 rings (SSSR count). The highest BCUT2D eigenvalue weighted by atomic mass is 32.1. The summed E-state index contributed by atoms with van der Waals surface area (Å²) in [6.45, 7) is 1.78. The van der Waals surface area contributed by atoms with Gasteiger partial charge in [-0.3, -0.25) is 24.5 Å². The molecule has 0 bridgehead atoms. The normalized spacial score (nSPS) is 14.8. The molecule has 0 saturated heterocycles. The Bertz CT molecular complexity index is 904. The lowest BCUT2D eigenvalue weighted by atomic mass is 10.1. The summed E-state index contributed by atoms with van der Waals surface area (Å²) in [6, 6.07) is 6.30. The predicted molar refractivity (Wildman–Crippen MR) is 88.5 cm³/mol. The fourth-order valence-corrected chi connectivity index (χ4v) is 3.48. The molecule has 0 spiro atoms. The molecule has 24 heavy (non-hydrogen) atoms. The van der Waals surface area contributed by atoms with Gasteiger partial charge in [-0.25, -0.2) is 4.98 Å². The average Bonchev–Trinajstić information content (AvgIpc) is 3.23. The summed E-state index contributed by atoms with van der Waals surface area (Å²) in [5.41, 5.74) is 2.00. The van der Waals surface area contributed by atoms with Crippen LogP contribution in [0.2, 0.25) is 0 Å². The highest BCUT2D eigenvalue weighted by molar-refractivity contribution is 7.13. The molecular formula is C17H12N4O2S. The van der Waals surface area contributed by atoms with E-state index in [1.165, 1.54) is 16.2 Å². The minimum atomic E-state index is -0.537. The molecule has 3 aromatic rings. The van der Waals surface area contributed by atoms with Gasteiger partial charge >= 0.3 is 0 Å². The topological polar surface area (TPSA) is 76.1 Å². The summed E-state index contributed by atoms with van der Waals surface area (Å²) in [6.07, 6.45) is 4.82. The van der Waals surface area contributed by atoms with Crippen LogP contribution in [0.1, 0.15) is 39.4 Å². The summed E-state index contributed by atoms with van der Waals surface area (Å²) in [7, 11) is 0. The molecule has 7 heteroatoms. The number of carbonyl (C=O) groups excluding carboxylic acids is 2. The first-order valence-corrected chi connectivity index (χ1v) is 8.24. The van der Waals surface area contributed by atoms with Gasteiger partial charge in [-0.05, 0) is 19.1 Å². The molecule has 1 atom stereocenters. The molecule has 118 valence electrons. The Morgan fingerprint density at radius 3 is 2.25 bits per heavy atom. The minimum absolute atomic E-state index is 0.307. The molecule has 1 aromatic carbocycles. The Labute approximate surface area is 141 Å². The SMILES string of the molecule is C[C@H](c1nccnc1-c1nccs1)N1C(=O)c2ccccc2C1=O. The zero-order valence-electron chi connectivity index (χ0n) is 12.7. The zero-order chi connectivity index (χ0) is 16.7. The van der Waals surface area contributed by atoms with Gasteiger partial charge in [0.2, 0.25) is 0 Å². The quantitative estimate of drug-likeness (QED) is 0.687. The molecule has 2 aromatic heterocycles. The first-order chi connectivity index (χ1) is 11.7. The summed E-state index contributed by atoms with van der Waals surface area (Å²) < 4.78 is 0. The fourth-order valence-electron chi connectivity index (χ4n) is 2.84. The van der Waals surface area contributed by atoms with Gasteiger partial charge < -0.3 is 0 Å². The van der Waals surface area contributed by atoms with Gasteiger partial charge in [0.1, 0.15) is 10.7 Å². The van der Waals surface area contributed by atoms with Gasteiger partial charge in [0, 0.05) is 24.0 Å². The van der Waals surface area contributed by atoms with Crippen molar-refractivity contribution in [2.75, 3.05) is 0 Å². The molecular weight excluding hydrogens is 324 g/mol. The van der Waals surface area contributed by atoms with Crippen molar-refractivity contribution in [3.8, 4) is 10.7 Å². The third-order valence-corrected chi connectivity index (χ3v) is 4.75. The van der Waals surface area contributed by atoms with Crippen LogP contribution in [0.15, 0.2) is 48.2 Å². The van der Waals surface area contributed by atoms with Crippen molar-refractivity contribution in [3.05, 3.63) is 65.1 Å². The average molecular weight is 336 g/mol. The highest BCUT2D eigenvalue weighted by Gasteiger charge is 2.40. The van der Waals surface area contributed by atoms with E-state index in [2.05, 4.69) is 15.0 Å². The van der Waals surface area contributed by atoms with Crippen LogP contribution in [0.4, 0.5) is 0 Å². The largest absolute Gasteiger partial charge is 0.269 e. The number of hydrogen-bond acceptors (Lipinski definition) is 6. The first-order valence-electron chi connectivity index (χ1n) is 7.36. The number of benzene rings is 1. The molecule has 3 heterocycles. The Morgan fingerprint density at radius 2 is 1.62 bits per heavy atom. The second-order valence-corrected chi connectivity index (χ2v) is 6.22. The lowest BCUT2D eigenvalue weighted by molar-refractivity contribution is 0.0592. The number of imide groups is 1. The second-order valence-electron chi connectivity index (χ2n) is 5.33. The minimum Gasteiger partial charge on any atom is -0.269 e. The molecule has 0 aliphatic carbocycles. The monoisotopic (exact) mass is 336 g/mol. The maximum absolute atomic E-state index is 12.7. The first kappa shape index (κ1) is 14.6. The third-order valence-electron chi connectivity index (χ3n) is 3.97. The van der Waals surface area contributed by atoms with E-state index in [-0.39, 0.29) is 11.8 Å². The van der Waals surface area contributed by atoms with Crippen LogP contribution in [0.25, 0.3) is 10.7 Å². The molecule has 0 fully saturated rings. The Hall–Kier alpha value is -2.93. The predicted octanol–water partition coefficient (Wildman–Crippen LogP) is 2.96. The van der Waals surface area contributed by atoms with Crippen LogP contribution in [0, 0.1) is 0 Å². The van der Waals surface area contributed by atoms with E-state index in [9.17, 15) is 9.59 Å². The highest BCUT2D eigenvalue weighted by Crippen LogP contribution is 2.34. The molecule has 0 saturated carbocycles. The fraction of sp³-hybridized carbons (Fsp3) is 0.118. The van der Waals surface area contributed by atoms with Crippen LogP contribution in [-0.2, 0) is 0 Å². The van der Waals surface area contributed by atoms with E-state index in [4.69, 9.17) is 0 Å². The molecule has 1 aliphatic rings. The van der Waals surface area contributed by atoms with E-state index in [0.717, 1.165) is 0 Å². The van der Waals surface area contributed by atoms with Crippen molar-refractivity contribution in [2.45, 2.75) is 13.0 Å². The number of amides is 2. The molecule has 6 nitrogen and oxygen atoms in total. The second kappa shape index (κ2) is 5.61. The van der Waals surface area contributed by atoms with Crippen molar-refractivity contribution < 1.29 is 9.59 Å². The van der Waals surface area contributed by atoms with Gasteiger partial charge in [0.25, 0.3) is 11.8 Å². The van der Waals surface area contributed by atoms with E-state index in [1.807, 2.05) is 5.38 Å². The van der Waals surface area contributed by atoms with Crippen molar-refractivity contribution in [1.29, 1.82) is 0 Å². The van der Waals surface area contributed by atoms with Crippen LogP contribution < -0.4 is 0 Å². The van der Waals surface area contributed by atoms with Gasteiger partial charge in [-0.1, -0.05) is 12.1 Å². The molecule has 0 radical (unpaired) electrons. The molecule has 0 N–H and O–H groups in total. The Kier molecular flexibility index (Phi) is 3.42. The maximum atomic E-state index is 12.7. The van der Waals surface area contributed by atoms with Crippen molar-refractivity contribution >= 4 is 23.2 Å². The van der Waals surface area contributed by atoms with Gasteiger partial charge in [-0.2, -0.15) is 0 Å². The lowest BCUT2D eigenvalue weighted by Gasteiger charge is -2.23. The van der Waals surface area contributed by atoms with Crippen LogP contribution in [0.5, 0.6) is 0 Å². The summed E-state index contributed by atoms with van der Waals surface area (Å²) in [4.78, 5) is 39.5. The summed E-state index contributed by atoms with van der Waals surface area (Å²) >= 11 is 1.44. The van der Waals surface area contributed by atoms with Crippen molar-refractivity contribution in [2.24, 2.45) is 0 Å². The third kappa shape index (κ3) is 2.13. The Balaban J connectivity index is 1.78. The number of nitrogens with zero attached hydrogens (tertiary/aromatic N) is 4. The van der Waals surface area contributed by atoms with Crippen LogP contribution in [-0.4, -0.2) is 31.7 Å². The molecule has 2 amide bonds. The zero-order valence-corrected chi connectivity index (χ0v) is 13.5. The molecule has 1 aliphatic heterocycles. The number of rotatable bonds is 3. The summed E-state index contributed by atoms with van der Waals surface area (Å²) in [5.74, 6) is -0.613. The van der Waals surface area contributed by atoms with Gasteiger partial charge in [0.15, 0.2) is 0 Å². The number of aromatic nitrogens is 3. The smallest absolute Gasteiger partial charge is 0.262 e. The number of fused-ring (bicyclic) bond motifs is 1. The van der Waals surface area contributed by atoms with Gasteiger partial charge in [-0.15, -0.1) is 11.3 Å². The van der Waals surface area contributed by atoms with E-state index >= 15 is 0 Å². The number of thiazole rings is 1. The van der Waals surface area contributed by atoms with Crippen molar-refractivity contribution in [3.63, 3.8) is 0 Å². The van der Waals surface area contributed by atoms with Crippen LogP contribution in [0.3, 0.4) is 0 Å². The standard InChI is InChI=1S/C17H12N4O2S/c1-10(13-14(19-7-6-18-13)15-20-8-9-24-15)21-16(22)11-4-2-3-5-12(11)17(21)23/h2-10H,1H3/t10-/m1/s1. The van der Waals surface area contributed by atoms with Crippen LogP contribution >= 0.6 is 11.3 Å². The van der Waals surface area contributed by atoms with E-state index in [1.54, 1.807) is 49.8 Å². The number of carbonyl (C=O) groups is 2. The Morgan fingerprint density at radius 1 is 0.958 bits per heavy atom. The lowest BCUT2D eigenvalue weighted by Crippen LogP contribution is -2.33. The maximum Gasteiger partial charge on any atom is 0.262 e. The number of hydrogen-bond donors (Lipinski definition) is 0. The van der Waals surface area contributed by atoms with E-state index < -0.39 is 6.04 Å². The molecule has 0 unspecified atom stereocenters.